The number of imidazole rings is 1. The van der Waals surface area contributed by atoms with Gasteiger partial charge in [0.2, 0.25) is 0 Å². The van der Waals surface area contributed by atoms with E-state index in [1.165, 1.54) is 26.6 Å². The third-order valence-electron chi connectivity index (χ3n) is 7.73. The molecule has 0 saturated heterocycles. The summed E-state index contributed by atoms with van der Waals surface area (Å²) in [6, 6.07) is 28.6. The summed E-state index contributed by atoms with van der Waals surface area (Å²) in [7, 11) is 0. The van der Waals surface area contributed by atoms with E-state index in [0.717, 1.165) is 39.0 Å². The van der Waals surface area contributed by atoms with Gasteiger partial charge < -0.3 is 0 Å². The number of nitrogens with zero attached hydrogens (tertiary/aromatic N) is 2. The van der Waals surface area contributed by atoms with Gasteiger partial charge in [-0.05, 0) is 0 Å². The number of fused-ring (bicyclic) bond motifs is 4. The van der Waals surface area contributed by atoms with Crippen molar-refractivity contribution in [2.75, 3.05) is 0 Å². The first kappa shape index (κ1) is 25.0. The third kappa shape index (κ3) is 3.99. The quantitative estimate of drug-likeness (QED) is 0.197. The number of furan rings is 1. The van der Waals surface area contributed by atoms with Gasteiger partial charge in [-0.25, -0.2) is 0 Å². The zero-order valence-corrected chi connectivity index (χ0v) is 25.6. The van der Waals surface area contributed by atoms with Crippen molar-refractivity contribution in [3.8, 4) is 17.1 Å². The summed E-state index contributed by atoms with van der Waals surface area (Å²) in [6.07, 6.45) is 0. The molecule has 6 aromatic rings. The molecule has 38 heavy (non-hydrogen) atoms. The standard InChI is InChI=1S/C34H36GeN2O/c1-21(2)24-12-10-13-25(22(3)4)32(24)37-30-17-9-8-16-29(30)36-34(37)28-15-11-14-27-26-19-18-23(35(5,6)7)20-31(26)38-33(27)28/h8-22H,1-7H3. The van der Waals surface area contributed by atoms with E-state index in [1.807, 2.05) is 0 Å². The van der Waals surface area contributed by atoms with Crippen molar-refractivity contribution >= 4 is 50.6 Å². The molecule has 4 heteroatoms. The average Bonchev–Trinajstić information content (AvgIpc) is 3.45. The summed E-state index contributed by atoms with van der Waals surface area (Å²) in [5.74, 6) is 8.96. The van der Waals surface area contributed by atoms with Crippen LogP contribution in [0.1, 0.15) is 50.7 Å². The van der Waals surface area contributed by atoms with E-state index >= 15 is 0 Å². The van der Waals surface area contributed by atoms with Crippen LogP contribution in [0.15, 0.2) is 83.3 Å². The minimum atomic E-state index is -1.99. The van der Waals surface area contributed by atoms with Crippen LogP contribution in [0.25, 0.3) is 50.0 Å². The molecule has 2 aromatic heterocycles. The molecule has 0 unspecified atom stereocenters. The number of benzene rings is 4. The first-order valence-electron chi connectivity index (χ1n) is 13.7. The van der Waals surface area contributed by atoms with Gasteiger partial charge in [-0.3, -0.25) is 0 Å². The number of aromatic nitrogens is 2. The van der Waals surface area contributed by atoms with Crippen LogP contribution >= 0.6 is 0 Å². The molecule has 0 atom stereocenters. The predicted octanol–water partition coefficient (Wildman–Crippen LogP) is 9.38. The third-order valence-corrected chi connectivity index (χ3v) is 12.0. The van der Waals surface area contributed by atoms with E-state index in [1.54, 1.807) is 0 Å². The summed E-state index contributed by atoms with van der Waals surface area (Å²) >= 11 is -1.99. The molecule has 4 aromatic carbocycles. The Morgan fingerprint density at radius 1 is 0.737 bits per heavy atom. The molecule has 0 aliphatic rings. The second-order valence-corrected chi connectivity index (χ2v) is 22.8. The van der Waals surface area contributed by atoms with Crippen molar-refractivity contribution in [3.63, 3.8) is 0 Å². The maximum atomic E-state index is 6.69. The zero-order chi connectivity index (χ0) is 26.8. The summed E-state index contributed by atoms with van der Waals surface area (Å²) in [5.41, 5.74) is 8.93. The van der Waals surface area contributed by atoms with Crippen LogP contribution < -0.4 is 4.40 Å². The van der Waals surface area contributed by atoms with Gasteiger partial charge in [0.25, 0.3) is 0 Å². The fourth-order valence-electron chi connectivity index (χ4n) is 5.64. The summed E-state index contributed by atoms with van der Waals surface area (Å²) in [5, 5.41) is 2.32. The van der Waals surface area contributed by atoms with Gasteiger partial charge in [0.1, 0.15) is 0 Å². The van der Waals surface area contributed by atoms with Crippen LogP contribution in [0.2, 0.25) is 17.3 Å². The van der Waals surface area contributed by atoms with Crippen molar-refractivity contribution in [3.05, 3.63) is 90.0 Å². The molecule has 3 nitrogen and oxygen atoms in total. The van der Waals surface area contributed by atoms with Gasteiger partial charge in [0, 0.05) is 0 Å². The fraction of sp³-hybridized carbons (Fsp3) is 0.265. The molecular formula is C34H36GeN2O. The molecule has 192 valence electrons. The van der Waals surface area contributed by atoms with E-state index in [0.29, 0.717) is 11.8 Å². The SMILES string of the molecule is CC(C)c1cccc(C(C)C)c1-n1c(-c2cccc3c2oc2c[c]([Ge]([CH3])([CH3])[CH3])ccc23)nc2ccccc21. The van der Waals surface area contributed by atoms with E-state index in [-0.39, 0.29) is 0 Å². The number of hydrogen-bond acceptors (Lipinski definition) is 2. The fourth-order valence-corrected chi connectivity index (χ4v) is 8.05. The van der Waals surface area contributed by atoms with Crippen LogP contribution in [0.4, 0.5) is 0 Å². The molecule has 0 aliphatic carbocycles. The molecule has 0 amide bonds. The van der Waals surface area contributed by atoms with Gasteiger partial charge in [0.15, 0.2) is 0 Å². The Morgan fingerprint density at radius 3 is 2.11 bits per heavy atom. The van der Waals surface area contributed by atoms with E-state index in [4.69, 9.17) is 9.40 Å². The summed E-state index contributed by atoms with van der Waals surface area (Å²) in [4.78, 5) is 5.25. The average molecular weight is 561 g/mol. The normalized spacial score (nSPS) is 12.6. The Balaban J connectivity index is 1.71. The summed E-state index contributed by atoms with van der Waals surface area (Å²) in [6.45, 7) is 9.11. The van der Waals surface area contributed by atoms with Crippen molar-refractivity contribution in [2.45, 2.75) is 56.8 Å². The Labute approximate surface area is 227 Å². The Morgan fingerprint density at radius 2 is 1.42 bits per heavy atom. The van der Waals surface area contributed by atoms with Gasteiger partial charge in [-0.15, -0.1) is 0 Å². The zero-order valence-electron chi connectivity index (χ0n) is 23.5. The Bertz CT molecular complexity index is 1790. The Hall–Kier alpha value is -3.31. The maximum absolute atomic E-state index is 6.69. The van der Waals surface area contributed by atoms with Gasteiger partial charge in [0.05, 0.1) is 0 Å². The first-order chi connectivity index (χ1) is 18.1. The molecule has 6 rings (SSSR count). The molecule has 2 heterocycles. The van der Waals surface area contributed by atoms with Gasteiger partial charge >= 0.3 is 228 Å². The van der Waals surface area contributed by atoms with Crippen molar-refractivity contribution in [2.24, 2.45) is 0 Å². The first-order valence-corrected chi connectivity index (χ1v) is 21.1. The number of hydrogen-bond donors (Lipinski definition) is 0. The molecule has 0 saturated carbocycles. The van der Waals surface area contributed by atoms with Gasteiger partial charge in [-0.1, -0.05) is 0 Å². The summed E-state index contributed by atoms with van der Waals surface area (Å²) < 4.78 is 10.5. The second-order valence-electron chi connectivity index (χ2n) is 12.1. The van der Waals surface area contributed by atoms with Crippen LogP contribution in [0.5, 0.6) is 0 Å². The van der Waals surface area contributed by atoms with Crippen LogP contribution in [-0.2, 0) is 0 Å². The van der Waals surface area contributed by atoms with Crippen molar-refractivity contribution in [1.29, 1.82) is 0 Å². The molecule has 0 spiro atoms. The predicted molar refractivity (Wildman–Crippen MR) is 165 cm³/mol. The Kier molecular flexibility index (Phi) is 6.03. The van der Waals surface area contributed by atoms with Gasteiger partial charge in [-0.2, -0.15) is 0 Å². The van der Waals surface area contributed by atoms with E-state index in [9.17, 15) is 0 Å². The number of para-hydroxylation sites is 4. The van der Waals surface area contributed by atoms with E-state index in [2.05, 4.69) is 128 Å². The van der Waals surface area contributed by atoms with Crippen LogP contribution in [-0.4, -0.2) is 22.8 Å². The second kappa shape index (κ2) is 9.16. The van der Waals surface area contributed by atoms with Crippen LogP contribution in [0, 0.1) is 0 Å². The monoisotopic (exact) mass is 562 g/mol. The molecule has 0 radical (unpaired) electrons. The molecule has 0 aliphatic heterocycles. The van der Waals surface area contributed by atoms with Crippen LogP contribution in [0.3, 0.4) is 0 Å². The number of rotatable bonds is 5. The van der Waals surface area contributed by atoms with Crippen molar-refractivity contribution < 1.29 is 4.42 Å². The molecule has 0 bridgehead atoms. The van der Waals surface area contributed by atoms with E-state index < -0.39 is 13.3 Å². The molecular weight excluding hydrogens is 525 g/mol. The molecule has 0 fully saturated rings. The topological polar surface area (TPSA) is 31.0 Å². The minimum absolute atomic E-state index is 0.376. The van der Waals surface area contributed by atoms with Crippen molar-refractivity contribution in [1.82, 2.24) is 9.55 Å². The molecule has 0 N–H and O–H groups in total.